The molecule has 1 aromatic heterocycles. The van der Waals surface area contributed by atoms with Crippen LogP contribution in [0.4, 0.5) is 0 Å². The van der Waals surface area contributed by atoms with E-state index in [1.807, 2.05) is 6.20 Å². The highest BCUT2D eigenvalue weighted by Gasteiger charge is 2.53. The Morgan fingerprint density at radius 3 is 2.32 bits per heavy atom. The molecule has 5 nitrogen and oxygen atoms in total. The first kappa shape index (κ1) is 23.5. The van der Waals surface area contributed by atoms with Crippen LogP contribution in [0, 0.1) is 5.92 Å². The molecule has 2 aliphatic carbocycles. The van der Waals surface area contributed by atoms with Crippen LogP contribution >= 0.6 is 0 Å². The Labute approximate surface area is 220 Å². The number of aromatic nitrogens is 2. The Bertz CT molecular complexity index is 1390. The maximum Gasteiger partial charge on any atom is 0.495 e. The van der Waals surface area contributed by atoms with E-state index in [4.69, 9.17) is 9.31 Å². The second-order valence-electron chi connectivity index (χ2n) is 12.5. The van der Waals surface area contributed by atoms with Gasteiger partial charge in [0.05, 0.1) is 29.1 Å². The quantitative estimate of drug-likeness (QED) is 0.363. The summed E-state index contributed by atoms with van der Waals surface area (Å²) < 4.78 is 13.0. The van der Waals surface area contributed by atoms with E-state index in [-0.39, 0.29) is 24.4 Å². The van der Waals surface area contributed by atoms with E-state index < -0.39 is 0 Å². The van der Waals surface area contributed by atoms with Crippen molar-refractivity contribution in [2.24, 2.45) is 5.92 Å². The van der Waals surface area contributed by atoms with E-state index in [2.05, 4.69) is 92.4 Å². The van der Waals surface area contributed by atoms with E-state index in [0.717, 1.165) is 36.0 Å². The van der Waals surface area contributed by atoms with Crippen LogP contribution in [0.15, 0.2) is 54.2 Å². The van der Waals surface area contributed by atoms with Crippen molar-refractivity contribution in [2.75, 3.05) is 6.54 Å². The first-order valence-electron chi connectivity index (χ1n) is 13.8. The predicted octanol–water partition coefficient (Wildman–Crippen LogP) is 5.68. The van der Waals surface area contributed by atoms with Crippen LogP contribution in [-0.4, -0.2) is 34.8 Å². The number of benzene rings is 2. The van der Waals surface area contributed by atoms with Gasteiger partial charge in [0.25, 0.3) is 0 Å². The van der Waals surface area contributed by atoms with Crippen LogP contribution in [0.25, 0.3) is 22.4 Å². The van der Waals surface area contributed by atoms with E-state index in [1.165, 1.54) is 46.1 Å². The molecule has 1 saturated carbocycles. The average molecular weight is 493 g/mol. The Kier molecular flexibility index (Phi) is 5.18. The summed E-state index contributed by atoms with van der Waals surface area (Å²) in [5, 5.41) is 3.48. The monoisotopic (exact) mass is 493 g/mol. The van der Waals surface area contributed by atoms with Crippen LogP contribution in [-0.2, 0) is 15.7 Å². The lowest BCUT2D eigenvalue weighted by molar-refractivity contribution is 0.00578. The third-order valence-corrected chi connectivity index (χ3v) is 9.60. The van der Waals surface area contributed by atoms with Crippen LogP contribution in [0.3, 0.4) is 0 Å². The molecule has 0 amide bonds. The van der Waals surface area contributed by atoms with Crippen molar-refractivity contribution in [3.05, 3.63) is 71.2 Å². The zero-order chi connectivity index (χ0) is 25.5. The number of nitrogens with one attached hydrogen (secondary N) is 2. The minimum Gasteiger partial charge on any atom is -0.399 e. The summed E-state index contributed by atoms with van der Waals surface area (Å²) >= 11 is 0. The number of fused-ring (bicyclic) bond motifs is 3. The Balaban J connectivity index is 1.20. The number of hydrogen-bond donors (Lipinski definition) is 2. The summed E-state index contributed by atoms with van der Waals surface area (Å²) in [5.74, 6) is 2.41. The molecule has 190 valence electrons. The van der Waals surface area contributed by atoms with Crippen LogP contribution in [0.2, 0.25) is 0 Å². The van der Waals surface area contributed by atoms with E-state index in [1.54, 1.807) is 0 Å². The number of rotatable bonds is 4. The van der Waals surface area contributed by atoms with Crippen molar-refractivity contribution >= 4 is 12.6 Å². The van der Waals surface area contributed by atoms with Crippen molar-refractivity contribution in [1.82, 2.24) is 15.3 Å². The number of H-pyrrole nitrogens is 1. The molecule has 3 atom stereocenters. The van der Waals surface area contributed by atoms with Gasteiger partial charge in [-0.3, -0.25) is 0 Å². The van der Waals surface area contributed by atoms with Gasteiger partial charge in [0.15, 0.2) is 0 Å². The largest absolute Gasteiger partial charge is 0.495 e. The molecule has 0 spiro atoms. The summed E-state index contributed by atoms with van der Waals surface area (Å²) in [6.45, 7) is 11.6. The first-order chi connectivity index (χ1) is 17.7. The van der Waals surface area contributed by atoms with Crippen LogP contribution < -0.4 is 10.8 Å². The maximum absolute atomic E-state index is 6.48. The molecule has 4 aliphatic rings. The lowest BCUT2D eigenvalue weighted by Gasteiger charge is -2.32. The number of hydrogen-bond acceptors (Lipinski definition) is 4. The van der Waals surface area contributed by atoms with E-state index in [9.17, 15) is 0 Å². The minimum atomic E-state index is -0.327. The van der Waals surface area contributed by atoms with Gasteiger partial charge in [-0.1, -0.05) is 48.0 Å². The fraction of sp³-hybridized carbons (Fsp3) is 0.452. The van der Waals surface area contributed by atoms with Gasteiger partial charge in [-0.25, -0.2) is 4.98 Å². The summed E-state index contributed by atoms with van der Waals surface area (Å²) in [5.41, 5.74) is 9.82. The second-order valence-corrected chi connectivity index (χ2v) is 12.5. The van der Waals surface area contributed by atoms with Crippen LogP contribution in [0.5, 0.6) is 0 Å². The smallest absolute Gasteiger partial charge is 0.399 e. The molecule has 1 saturated heterocycles. The second kappa shape index (κ2) is 8.16. The summed E-state index contributed by atoms with van der Waals surface area (Å²) in [7, 11) is -0.296. The molecule has 2 aliphatic heterocycles. The Morgan fingerprint density at radius 2 is 1.68 bits per heavy atom. The molecule has 2 fully saturated rings. The molecule has 7 rings (SSSR count). The molecule has 3 aromatic rings. The number of imidazole rings is 1. The lowest BCUT2D eigenvalue weighted by Crippen LogP contribution is -2.41. The Hall–Kier alpha value is -2.67. The number of nitrogens with zero attached hydrogens (tertiary/aromatic N) is 1. The molecule has 2 aromatic carbocycles. The summed E-state index contributed by atoms with van der Waals surface area (Å²) in [6, 6.07) is 13.7. The van der Waals surface area contributed by atoms with Gasteiger partial charge in [-0.2, -0.15) is 0 Å². The van der Waals surface area contributed by atoms with Gasteiger partial charge in [0.2, 0.25) is 0 Å². The summed E-state index contributed by atoms with van der Waals surface area (Å²) in [4.78, 5) is 8.16. The van der Waals surface area contributed by atoms with E-state index in [0.29, 0.717) is 5.92 Å². The normalized spacial score (nSPS) is 27.1. The first-order valence-corrected chi connectivity index (χ1v) is 13.8. The van der Waals surface area contributed by atoms with Crippen LogP contribution in [0.1, 0.15) is 76.4 Å². The average Bonchev–Trinajstić information content (AvgIpc) is 3.59. The van der Waals surface area contributed by atoms with Gasteiger partial charge < -0.3 is 19.6 Å². The van der Waals surface area contributed by atoms with Gasteiger partial charge in [0, 0.05) is 6.54 Å². The third-order valence-electron chi connectivity index (χ3n) is 9.60. The zero-order valence-corrected chi connectivity index (χ0v) is 22.5. The third kappa shape index (κ3) is 3.68. The molecular formula is C31H36BN3O2. The molecule has 2 N–H and O–H groups in total. The molecule has 3 unspecified atom stereocenters. The highest BCUT2D eigenvalue weighted by atomic mass is 16.7. The molecule has 3 heterocycles. The number of aromatic amines is 1. The molecule has 0 radical (unpaired) electrons. The fourth-order valence-electron chi connectivity index (χ4n) is 6.55. The summed E-state index contributed by atoms with van der Waals surface area (Å²) in [6.07, 6.45) is 7.95. The van der Waals surface area contributed by atoms with Gasteiger partial charge in [-0.05, 0) is 99.0 Å². The highest BCUT2D eigenvalue weighted by Crippen LogP contribution is 2.54. The lowest BCUT2D eigenvalue weighted by atomic mass is 9.72. The van der Waals surface area contributed by atoms with Crippen molar-refractivity contribution < 1.29 is 9.31 Å². The van der Waals surface area contributed by atoms with Gasteiger partial charge in [0.1, 0.15) is 5.82 Å². The minimum absolute atomic E-state index is 0.175. The van der Waals surface area contributed by atoms with Crippen molar-refractivity contribution in [3.8, 4) is 22.4 Å². The highest BCUT2D eigenvalue weighted by molar-refractivity contribution is 6.62. The predicted molar refractivity (Wildman–Crippen MR) is 149 cm³/mol. The standard InChI is InChI=1S/C31H36BN3O2/c1-18-14-26(33-16-18)29-34-17-27(35-29)20-8-6-19(7-9-20)22-12-13-25(24-15-21-10-11-23(21)28(22)24)32-36-30(2,3)31(4,5)37-32/h6-9,12-14,17,21,23,26,33H,10-11,15-16H2,1-5H3,(H,34,35). The topological polar surface area (TPSA) is 59.2 Å². The van der Waals surface area contributed by atoms with Gasteiger partial charge >= 0.3 is 7.12 Å². The molecule has 37 heavy (non-hydrogen) atoms. The Morgan fingerprint density at radius 1 is 0.946 bits per heavy atom. The maximum atomic E-state index is 6.48. The SMILES string of the molecule is CC1=CC(c2ncc(-c3ccc(-c4ccc(B5OC(C)(C)C(C)(C)O5)c5c4C4CCC4C5)cc3)[nH]2)NC1. The zero-order valence-electron chi connectivity index (χ0n) is 22.5. The molecule has 6 heteroatoms. The van der Waals surface area contributed by atoms with E-state index >= 15 is 0 Å². The van der Waals surface area contributed by atoms with Crippen molar-refractivity contribution in [1.29, 1.82) is 0 Å². The molecular weight excluding hydrogens is 457 g/mol. The molecule has 0 bridgehead atoms. The van der Waals surface area contributed by atoms with Crippen molar-refractivity contribution in [2.45, 2.75) is 77.0 Å². The van der Waals surface area contributed by atoms with Crippen molar-refractivity contribution in [3.63, 3.8) is 0 Å². The van der Waals surface area contributed by atoms with Gasteiger partial charge in [-0.15, -0.1) is 0 Å². The fourth-order valence-corrected chi connectivity index (χ4v) is 6.55.